The van der Waals surface area contributed by atoms with Crippen LogP contribution in [0.3, 0.4) is 0 Å². The molecule has 0 radical (unpaired) electrons. The van der Waals surface area contributed by atoms with Gasteiger partial charge in [0.15, 0.2) is 11.6 Å². The summed E-state index contributed by atoms with van der Waals surface area (Å²) in [5, 5.41) is 6.92. The van der Waals surface area contributed by atoms with Gasteiger partial charge in [-0.3, -0.25) is 14.5 Å². The Morgan fingerprint density at radius 2 is 1.38 bits per heavy atom. The zero-order valence-corrected chi connectivity index (χ0v) is 16.1. The summed E-state index contributed by atoms with van der Waals surface area (Å²) in [5.74, 6) is 0.0672. The molecule has 0 bridgehead atoms. The molecule has 26 heavy (non-hydrogen) atoms. The van der Waals surface area contributed by atoms with E-state index >= 15 is 0 Å². The van der Waals surface area contributed by atoms with Crippen LogP contribution in [-0.2, 0) is 16.1 Å². The van der Waals surface area contributed by atoms with E-state index in [1.165, 1.54) is 5.56 Å². The minimum atomic E-state index is 0.0336. The monoisotopic (exact) mass is 355 g/mol. The van der Waals surface area contributed by atoms with E-state index < -0.39 is 0 Å². The van der Waals surface area contributed by atoms with Gasteiger partial charge in [0.05, 0.1) is 12.1 Å². The molecule has 1 heterocycles. The Balaban J connectivity index is 2.09. The molecule has 5 nitrogen and oxygen atoms in total. The van der Waals surface area contributed by atoms with E-state index in [2.05, 4.69) is 39.8 Å². The summed E-state index contributed by atoms with van der Waals surface area (Å²) < 4.78 is 0. The van der Waals surface area contributed by atoms with Gasteiger partial charge in [0, 0.05) is 31.0 Å². The third-order valence-electron chi connectivity index (χ3n) is 4.31. The normalized spacial score (nSPS) is 21.5. The standard InChI is InChI=1S/C21H29N3O2/c1-15(10-17(3)25)22-20-13-24(12-19-8-6-5-7-9-19)14-21(20)23-16(2)11-18(4)26/h5-11,20-23H,12-14H2,1-4H3/t20-,21-/m1/s1. The Bertz CT molecular complexity index is 654. The Morgan fingerprint density at radius 1 is 0.923 bits per heavy atom. The fourth-order valence-electron chi connectivity index (χ4n) is 3.43. The molecule has 0 aliphatic carbocycles. The van der Waals surface area contributed by atoms with Crippen LogP contribution in [0.2, 0.25) is 0 Å². The molecule has 1 aliphatic heterocycles. The van der Waals surface area contributed by atoms with Gasteiger partial charge in [-0.15, -0.1) is 0 Å². The van der Waals surface area contributed by atoms with E-state index in [1.54, 1.807) is 26.0 Å². The van der Waals surface area contributed by atoms with Crippen LogP contribution in [0.25, 0.3) is 0 Å². The molecule has 1 aromatic rings. The van der Waals surface area contributed by atoms with Crippen molar-refractivity contribution in [2.45, 2.75) is 46.3 Å². The van der Waals surface area contributed by atoms with Crippen molar-refractivity contribution in [2.24, 2.45) is 0 Å². The summed E-state index contributed by atoms with van der Waals surface area (Å²) in [5.41, 5.74) is 3.01. The molecule has 140 valence electrons. The highest BCUT2D eigenvalue weighted by atomic mass is 16.1. The SMILES string of the molecule is CC(=O)C=C(C)N[C@@H]1CN(Cc2ccccc2)C[C@H]1NC(C)=CC(C)=O. The first-order valence-corrected chi connectivity index (χ1v) is 9.00. The van der Waals surface area contributed by atoms with Gasteiger partial charge in [-0.1, -0.05) is 30.3 Å². The summed E-state index contributed by atoms with van der Waals surface area (Å²) in [4.78, 5) is 25.0. The fraction of sp³-hybridized carbons (Fsp3) is 0.429. The first kappa shape index (κ1) is 19.9. The number of likely N-dealkylation sites (tertiary alicyclic amines) is 1. The third-order valence-corrected chi connectivity index (χ3v) is 4.31. The molecule has 1 aromatic carbocycles. The van der Waals surface area contributed by atoms with Crippen molar-refractivity contribution in [1.82, 2.24) is 15.5 Å². The Kier molecular flexibility index (Phi) is 7.16. The van der Waals surface area contributed by atoms with Crippen LogP contribution in [0.4, 0.5) is 0 Å². The lowest BCUT2D eigenvalue weighted by atomic mass is 10.1. The highest BCUT2D eigenvalue weighted by molar-refractivity contribution is 5.88. The van der Waals surface area contributed by atoms with E-state index in [1.807, 2.05) is 19.9 Å². The molecule has 1 aliphatic rings. The lowest BCUT2D eigenvalue weighted by Gasteiger charge is -2.23. The number of rotatable bonds is 8. The Labute approximate surface area is 156 Å². The van der Waals surface area contributed by atoms with Crippen molar-refractivity contribution in [3.05, 3.63) is 59.4 Å². The average molecular weight is 355 g/mol. The average Bonchev–Trinajstić information content (AvgIpc) is 2.87. The maximum absolute atomic E-state index is 11.3. The number of nitrogens with zero attached hydrogens (tertiary/aromatic N) is 1. The van der Waals surface area contributed by atoms with E-state index in [-0.39, 0.29) is 23.7 Å². The summed E-state index contributed by atoms with van der Waals surface area (Å²) >= 11 is 0. The molecular weight excluding hydrogens is 326 g/mol. The minimum Gasteiger partial charge on any atom is -0.382 e. The second kappa shape index (κ2) is 9.34. The van der Waals surface area contributed by atoms with Gasteiger partial charge >= 0.3 is 0 Å². The molecule has 0 unspecified atom stereocenters. The number of benzene rings is 1. The van der Waals surface area contributed by atoms with E-state index in [0.29, 0.717) is 0 Å². The zero-order chi connectivity index (χ0) is 19.1. The van der Waals surface area contributed by atoms with Gasteiger partial charge in [0.1, 0.15) is 0 Å². The lowest BCUT2D eigenvalue weighted by Crippen LogP contribution is -2.45. The van der Waals surface area contributed by atoms with Crippen LogP contribution < -0.4 is 10.6 Å². The molecule has 0 amide bonds. The first-order valence-electron chi connectivity index (χ1n) is 9.00. The predicted octanol–water partition coefficient (Wildman–Crippen LogP) is 2.40. The molecule has 2 N–H and O–H groups in total. The molecule has 1 saturated heterocycles. The van der Waals surface area contributed by atoms with Gasteiger partial charge in [-0.25, -0.2) is 0 Å². The summed E-state index contributed by atoms with van der Waals surface area (Å²) in [6.07, 6.45) is 3.24. The Hall–Kier alpha value is -2.40. The Morgan fingerprint density at radius 3 is 1.81 bits per heavy atom. The number of ketones is 2. The summed E-state index contributed by atoms with van der Waals surface area (Å²) in [7, 11) is 0. The quantitative estimate of drug-likeness (QED) is 0.701. The zero-order valence-electron chi connectivity index (χ0n) is 16.1. The number of nitrogens with one attached hydrogen (secondary N) is 2. The van der Waals surface area contributed by atoms with Crippen LogP contribution in [0.5, 0.6) is 0 Å². The maximum Gasteiger partial charge on any atom is 0.154 e. The number of carbonyl (C=O) groups is 2. The van der Waals surface area contributed by atoms with Crippen LogP contribution in [0.1, 0.15) is 33.3 Å². The summed E-state index contributed by atoms with van der Waals surface area (Å²) in [6.45, 7) is 9.54. The second-order valence-electron chi connectivity index (χ2n) is 7.06. The third kappa shape index (κ3) is 6.48. The molecule has 2 rings (SSSR count). The van der Waals surface area contributed by atoms with Crippen molar-refractivity contribution >= 4 is 11.6 Å². The fourth-order valence-corrected chi connectivity index (χ4v) is 3.43. The second-order valence-corrected chi connectivity index (χ2v) is 7.06. The molecule has 0 saturated carbocycles. The topological polar surface area (TPSA) is 61.4 Å². The number of carbonyl (C=O) groups excluding carboxylic acids is 2. The largest absolute Gasteiger partial charge is 0.382 e. The van der Waals surface area contributed by atoms with E-state index in [0.717, 1.165) is 31.0 Å². The van der Waals surface area contributed by atoms with Gasteiger partial charge in [0.25, 0.3) is 0 Å². The molecule has 5 heteroatoms. The van der Waals surface area contributed by atoms with Crippen LogP contribution >= 0.6 is 0 Å². The molecule has 0 spiro atoms. The van der Waals surface area contributed by atoms with Crippen molar-refractivity contribution in [2.75, 3.05) is 13.1 Å². The highest BCUT2D eigenvalue weighted by Crippen LogP contribution is 2.16. The smallest absolute Gasteiger partial charge is 0.154 e. The van der Waals surface area contributed by atoms with Crippen molar-refractivity contribution < 1.29 is 9.59 Å². The van der Waals surface area contributed by atoms with Gasteiger partial charge in [-0.2, -0.15) is 0 Å². The van der Waals surface area contributed by atoms with Gasteiger partial charge in [0.2, 0.25) is 0 Å². The lowest BCUT2D eigenvalue weighted by molar-refractivity contribution is -0.113. The van der Waals surface area contributed by atoms with Crippen LogP contribution in [-0.4, -0.2) is 41.6 Å². The van der Waals surface area contributed by atoms with Crippen molar-refractivity contribution in [3.63, 3.8) is 0 Å². The van der Waals surface area contributed by atoms with Crippen LogP contribution in [0, 0.1) is 0 Å². The van der Waals surface area contributed by atoms with E-state index in [9.17, 15) is 9.59 Å². The van der Waals surface area contributed by atoms with Gasteiger partial charge in [-0.05, 0) is 45.4 Å². The molecule has 1 fully saturated rings. The number of allylic oxidation sites excluding steroid dienone is 4. The van der Waals surface area contributed by atoms with Crippen molar-refractivity contribution in [1.29, 1.82) is 0 Å². The van der Waals surface area contributed by atoms with Crippen LogP contribution in [0.15, 0.2) is 53.9 Å². The highest BCUT2D eigenvalue weighted by Gasteiger charge is 2.32. The molecule has 0 aromatic heterocycles. The molecular formula is C21H29N3O2. The predicted molar refractivity (Wildman–Crippen MR) is 104 cm³/mol. The molecule has 2 atom stereocenters. The van der Waals surface area contributed by atoms with E-state index in [4.69, 9.17) is 0 Å². The van der Waals surface area contributed by atoms with Gasteiger partial charge < -0.3 is 10.6 Å². The minimum absolute atomic E-state index is 0.0336. The number of hydrogen-bond donors (Lipinski definition) is 2. The first-order chi connectivity index (χ1) is 12.3. The number of hydrogen-bond acceptors (Lipinski definition) is 5. The maximum atomic E-state index is 11.3. The van der Waals surface area contributed by atoms with Crippen molar-refractivity contribution in [3.8, 4) is 0 Å². The summed E-state index contributed by atoms with van der Waals surface area (Å²) in [6, 6.07) is 10.7.